The Labute approximate surface area is 208 Å². The summed E-state index contributed by atoms with van der Waals surface area (Å²) in [5, 5.41) is 22.5. The monoisotopic (exact) mass is 513 g/mol. The van der Waals surface area contributed by atoms with Gasteiger partial charge in [0.1, 0.15) is 6.17 Å². The fourth-order valence-electron chi connectivity index (χ4n) is 5.28. The van der Waals surface area contributed by atoms with Gasteiger partial charge in [-0.2, -0.15) is 0 Å². The molecule has 1 fully saturated rings. The van der Waals surface area contributed by atoms with Crippen LogP contribution in [-0.2, 0) is 10.5 Å². The van der Waals surface area contributed by atoms with Crippen molar-refractivity contribution in [2.45, 2.75) is 28.9 Å². The molecular formula is C25H21F2N3O5S. The van der Waals surface area contributed by atoms with Crippen LogP contribution in [0.1, 0.15) is 33.2 Å². The second kappa shape index (κ2) is 8.61. The lowest BCUT2D eigenvalue weighted by atomic mass is 9.93. The normalized spacial score (nSPS) is 22.9. The van der Waals surface area contributed by atoms with E-state index in [1.807, 2.05) is 24.3 Å². The molecule has 1 aromatic heterocycles. The first-order chi connectivity index (χ1) is 17.4. The third-order valence-electron chi connectivity index (χ3n) is 6.92. The van der Waals surface area contributed by atoms with Crippen LogP contribution < -0.4 is 10.4 Å². The zero-order valence-electron chi connectivity index (χ0n) is 18.8. The first kappa shape index (κ1) is 23.0. The largest absolute Gasteiger partial charge is 0.502 e. The Bertz CT molecular complexity index is 1450. The molecule has 1 unspecified atom stereocenters. The van der Waals surface area contributed by atoms with Crippen molar-refractivity contribution in [3.8, 4) is 5.75 Å². The summed E-state index contributed by atoms with van der Waals surface area (Å²) in [6.07, 6.45) is 0.606. The maximum absolute atomic E-state index is 15.1. The van der Waals surface area contributed by atoms with Crippen LogP contribution in [0.25, 0.3) is 0 Å². The van der Waals surface area contributed by atoms with Gasteiger partial charge < -0.3 is 19.8 Å². The van der Waals surface area contributed by atoms with Crippen molar-refractivity contribution in [3.63, 3.8) is 0 Å². The highest BCUT2D eigenvalue weighted by Gasteiger charge is 2.48. The molecule has 1 amide bonds. The van der Waals surface area contributed by atoms with Crippen molar-refractivity contribution in [2.75, 3.05) is 24.8 Å². The van der Waals surface area contributed by atoms with Crippen molar-refractivity contribution in [2.24, 2.45) is 0 Å². The van der Waals surface area contributed by atoms with Crippen LogP contribution in [0.3, 0.4) is 0 Å². The number of aliphatic hydroxyl groups excluding tert-OH is 1. The Morgan fingerprint density at radius 2 is 1.86 bits per heavy atom. The number of carbonyl (C=O) groups excluding carboxylic acids is 1. The lowest BCUT2D eigenvalue weighted by Crippen LogP contribution is -2.69. The number of halogens is 2. The van der Waals surface area contributed by atoms with Crippen LogP contribution in [0.15, 0.2) is 58.4 Å². The molecule has 0 radical (unpaired) electrons. The summed E-state index contributed by atoms with van der Waals surface area (Å²) in [5.41, 5.74) is 0.449. The van der Waals surface area contributed by atoms with Gasteiger partial charge in [-0.05, 0) is 23.3 Å². The van der Waals surface area contributed by atoms with Crippen LogP contribution in [0.5, 0.6) is 5.75 Å². The fourth-order valence-corrected chi connectivity index (χ4v) is 6.40. The molecule has 1 saturated heterocycles. The molecule has 0 bridgehead atoms. The number of morpholine rings is 1. The number of fused-ring (bicyclic) bond motifs is 4. The van der Waals surface area contributed by atoms with Crippen LogP contribution in [0.2, 0.25) is 0 Å². The second-order valence-electron chi connectivity index (χ2n) is 8.83. The molecule has 0 aliphatic carbocycles. The summed E-state index contributed by atoms with van der Waals surface area (Å²) in [6, 6.07) is 9.71. The molecule has 0 spiro atoms. The summed E-state index contributed by atoms with van der Waals surface area (Å²) in [5.74, 6) is -3.08. The van der Waals surface area contributed by atoms with Crippen LogP contribution in [0.4, 0.5) is 8.78 Å². The number of hydrogen-bond donors (Lipinski definition) is 2. The van der Waals surface area contributed by atoms with Gasteiger partial charge in [-0.1, -0.05) is 24.3 Å². The van der Waals surface area contributed by atoms with E-state index in [1.54, 1.807) is 5.01 Å². The number of rotatable bonds is 2. The van der Waals surface area contributed by atoms with Gasteiger partial charge in [0.05, 0.1) is 31.9 Å². The van der Waals surface area contributed by atoms with E-state index in [0.29, 0.717) is 5.56 Å². The standard InChI is InChI=1S/C25H21F2N3O5S/c26-17-6-5-14-16(21(17)27)12-36-19-4-2-1-3-15(19)22(14)30-20-11-35-10-13(9-31)29(20)25(34)23-24(33)18(32)7-8-28(23)30/h1-8,13,20,22,31,33H,9-12H2/t13?,20-,22+/m1/s1. The number of amides is 1. The molecule has 3 aliphatic rings. The Hall–Kier alpha value is -3.41. The number of aromatic nitrogens is 1. The predicted octanol–water partition coefficient (Wildman–Crippen LogP) is 2.34. The van der Waals surface area contributed by atoms with E-state index in [2.05, 4.69) is 0 Å². The minimum Gasteiger partial charge on any atom is -0.502 e. The smallest absolute Gasteiger partial charge is 0.278 e. The topological polar surface area (TPSA) is 95.2 Å². The number of benzene rings is 2. The van der Waals surface area contributed by atoms with Crippen molar-refractivity contribution in [1.82, 2.24) is 9.58 Å². The van der Waals surface area contributed by atoms with Crippen LogP contribution in [-0.4, -0.2) is 57.7 Å². The van der Waals surface area contributed by atoms with Gasteiger partial charge in [-0.3, -0.25) is 19.3 Å². The minimum absolute atomic E-state index is 0.0549. The molecular weight excluding hydrogens is 492 g/mol. The quantitative estimate of drug-likeness (QED) is 0.543. The summed E-state index contributed by atoms with van der Waals surface area (Å²) in [4.78, 5) is 28.2. The molecule has 11 heteroatoms. The number of aliphatic hydroxyl groups is 1. The van der Waals surface area contributed by atoms with E-state index < -0.39 is 53.6 Å². The molecule has 6 rings (SSSR count). The fraction of sp³-hybridized carbons (Fsp3) is 0.280. The number of pyridine rings is 1. The molecule has 0 saturated carbocycles. The Balaban J connectivity index is 1.67. The Kier molecular flexibility index (Phi) is 5.51. The Morgan fingerprint density at radius 1 is 1.06 bits per heavy atom. The van der Waals surface area contributed by atoms with E-state index in [0.717, 1.165) is 22.6 Å². The Morgan fingerprint density at radius 3 is 2.67 bits per heavy atom. The minimum atomic E-state index is -0.961. The molecule has 3 aromatic rings. The third kappa shape index (κ3) is 3.26. The van der Waals surface area contributed by atoms with Gasteiger partial charge in [-0.15, -0.1) is 11.8 Å². The van der Waals surface area contributed by atoms with Crippen LogP contribution in [0, 0.1) is 11.6 Å². The number of nitrogens with zero attached hydrogens (tertiary/aromatic N) is 3. The van der Waals surface area contributed by atoms with Gasteiger partial charge in [0.15, 0.2) is 23.1 Å². The first-order valence-electron chi connectivity index (χ1n) is 11.4. The van der Waals surface area contributed by atoms with E-state index in [-0.39, 0.29) is 30.2 Å². The van der Waals surface area contributed by atoms with E-state index in [9.17, 15) is 24.2 Å². The molecule has 8 nitrogen and oxygen atoms in total. The SMILES string of the molecule is O=C1c2c(O)c(=O)ccn2N([C@@H]2c3ccccc3SCc3c2ccc(F)c3F)[C@@H]2COCC(CO)N12. The summed E-state index contributed by atoms with van der Waals surface area (Å²) in [6.45, 7) is -0.279. The van der Waals surface area contributed by atoms with E-state index >= 15 is 4.39 Å². The van der Waals surface area contributed by atoms with E-state index in [1.165, 1.54) is 33.6 Å². The first-order valence-corrected chi connectivity index (χ1v) is 12.3. The lowest BCUT2D eigenvalue weighted by molar-refractivity contribution is -0.0647. The molecule has 2 aromatic carbocycles. The number of hydrogen-bond acceptors (Lipinski definition) is 7. The zero-order chi connectivity index (χ0) is 25.1. The highest BCUT2D eigenvalue weighted by Crippen LogP contribution is 2.45. The van der Waals surface area contributed by atoms with Gasteiger partial charge in [0.2, 0.25) is 5.43 Å². The summed E-state index contributed by atoms with van der Waals surface area (Å²) >= 11 is 1.37. The molecule has 186 valence electrons. The van der Waals surface area contributed by atoms with Gasteiger partial charge in [0, 0.05) is 28.5 Å². The lowest BCUT2D eigenvalue weighted by Gasteiger charge is -2.53. The maximum atomic E-state index is 15.1. The highest BCUT2D eigenvalue weighted by atomic mass is 32.2. The van der Waals surface area contributed by atoms with Crippen molar-refractivity contribution in [3.05, 3.63) is 92.9 Å². The third-order valence-corrected chi connectivity index (χ3v) is 8.04. The van der Waals surface area contributed by atoms with Gasteiger partial charge >= 0.3 is 0 Å². The van der Waals surface area contributed by atoms with E-state index in [4.69, 9.17) is 4.74 Å². The van der Waals surface area contributed by atoms with Crippen molar-refractivity contribution >= 4 is 17.7 Å². The molecule has 36 heavy (non-hydrogen) atoms. The van der Waals surface area contributed by atoms with Gasteiger partial charge in [0.25, 0.3) is 5.91 Å². The average Bonchev–Trinajstić information content (AvgIpc) is 3.05. The van der Waals surface area contributed by atoms with Crippen molar-refractivity contribution in [1.29, 1.82) is 0 Å². The number of aromatic hydroxyl groups is 1. The second-order valence-corrected chi connectivity index (χ2v) is 9.84. The molecule has 2 N–H and O–H groups in total. The number of ether oxygens (including phenoxy) is 1. The number of carbonyl (C=O) groups is 1. The predicted molar refractivity (Wildman–Crippen MR) is 126 cm³/mol. The average molecular weight is 514 g/mol. The number of thioether (sulfide) groups is 1. The zero-order valence-corrected chi connectivity index (χ0v) is 19.6. The maximum Gasteiger partial charge on any atom is 0.278 e. The van der Waals surface area contributed by atoms with Crippen molar-refractivity contribution < 1.29 is 28.5 Å². The molecule has 3 atom stereocenters. The summed E-state index contributed by atoms with van der Waals surface area (Å²) in [7, 11) is 0. The molecule has 4 heterocycles. The summed E-state index contributed by atoms with van der Waals surface area (Å²) < 4.78 is 36.6. The molecule has 3 aliphatic heterocycles. The van der Waals surface area contributed by atoms with Gasteiger partial charge in [-0.25, -0.2) is 8.78 Å². The van der Waals surface area contributed by atoms with Crippen LogP contribution >= 0.6 is 11.8 Å². The highest BCUT2D eigenvalue weighted by molar-refractivity contribution is 7.98.